The summed E-state index contributed by atoms with van der Waals surface area (Å²) in [6.45, 7) is 23.5. The first-order chi connectivity index (χ1) is 13.0. The zero-order valence-electron chi connectivity index (χ0n) is 20.5. The fraction of sp³-hybridized carbons (Fsp3) is 1.00. The second-order valence-corrected chi connectivity index (χ2v) is 25.1. The van der Waals surface area contributed by atoms with Crippen LogP contribution >= 0.6 is 0 Å². The van der Waals surface area contributed by atoms with Gasteiger partial charge in [-0.15, -0.1) is 0 Å². The van der Waals surface area contributed by atoms with Crippen LogP contribution in [0.15, 0.2) is 0 Å². The largest absolute Gasteiger partial charge is 0.400 e. The Morgan fingerprint density at radius 1 is 0.893 bits per heavy atom. The van der Waals surface area contributed by atoms with E-state index >= 15 is 0 Å². The second kappa shape index (κ2) is 12.4. The van der Waals surface area contributed by atoms with Gasteiger partial charge in [0.05, 0.1) is 6.67 Å². The topological polar surface area (TPSA) is 24.9 Å². The standard InChI is InChI=1S/C21H50N2O2Si3/c1-10-11-12-21(26(24-2)25-3)20-17-22(13-15-27(4,5)6)19-23(18-20)14-16-28(7,8)9/h20-21,26H,10-19H2,1-9H3. The van der Waals surface area contributed by atoms with Crippen molar-refractivity contribution in [1.29, 1.82) is 0 Å². The van der Waals surface area contributed by atoms with Crippen molar-refractivity contribution in [1.82, 2.24) is 9.80 Å². The van der Waals surface area contributed by atoms with Crippen molar-refractivity contribution in [3.05, 3.63) is 0 Å². The van der Waals surface area contributed by atoms with Crippen LogP contribution in [0, 0.1) is 5.92 Å². The Morgan fingerprint density at radius 2 is 1.36 bits per heavy atom. The minimum atomic E-state index is -1.61. The lowest BCUT2D eigenvalue weighted by Gasteiger charge is -2.45. The zero-order valence-corrected chi connectivity index (χ0v) is 23.7. The van der Waals surface area contributed by atoms with E-state index in [2.05, 4.69) is 56.0 Å². The third-order valence-electron chi connectivity index (χ3n) is 6.05. The van der Waals surface area contributed by atoms with Gasteiger partial charge in [0, 0.05) is 49.0 Å². The predicted octanol–water partition coefficient (Wildman–Crippen LogP) is 4.93. The highest BCUT2D eigenvalue weighted by molar-refractivity contribution is 6.76. The second-order valence-electron chi connectivity index (χ2n) is 11.3. The number of rotatable bonds is 13. The number of hydrogen-bond acceptors (Lipinski definition) is 4. The highest BCUT2D eigenvalue weighted by atomic mass is 28.3. The highest BCUT2D eigenvalue weighted by Crippen LogP contribution is 2.33. The average Bonchev–Trinajstić information content (AvgIpc) is 2.60. The Hall–Kier alpha value is 0.491. The molecule has 4 nitrogen and oxygen atoms in total. The summed E-state index contributed by atoms with van der Waals surface area (Å²) in [6.07, 6.45) is 3.82. The van der Waals surface area contributed by atoms with E-state index in [1.165, 1.54) is 57.5 Å². The van der Waals surface area contributed by atoms with Gasteiger partial charge in [-0.25, -0.2) is 0 Å². The van der Waals surface area contributed by atoms with Gasteiger partial charge in [0.25, 0.3) is 0 Å². The van der Waals surface area contributed by atoms with Gasteiger partial charge in [-0.2, -0.15) is 0 Å². The Bertz CT molecular complexity index is 397. The first-order valence-corrected chi connectivity index (χ1v) is 20.5. The summed E-state index contributed by atoms with van der Waals surface area (Å²) in [5.41, 5.74) is 0.624. The molecule has 168 valence electrons. The third-order valence-corrected chi connectivity index (χ3v) is 12.0. The van der Waals surface area contributed by atoms with E-state index in [9.17, 15) is 0 Å². The molecule has 0 spiro atoms. The molecule has 1 heterocycles. The van der Waals surface area contributed by atoms with Gasteiger partial charge in [0.15, 0.2) is 0 Å². The van der Waals surface area contributed by atoms with E-state index in [-0.39, 0.29) is 0 Å². The summed E-state index contributed by atoms with van der Waals surface area (Å²) < 4.78 is 11.8. The van der Waals surface area contributed by atoms with Crippen LogP contribution in [0.3, 0.4) is 0 Å². The fourth-order valence-electron chi connectivity index (χ4n) is 4.18. The van der Waals surface area contributed by atoms with Crippen LogP contribution in [0.25, 0.3) is 0 Å². The van der Waals surface area contributed by atoms with E-state index in [1.807, 2.05) is 14.2 Å². The van der Waals surface area contributed by atoms with Crippen molar-refractivity contribution in [2.24, 2.45) is 5.92 Å². The van der Waals surface area contributed by atoms with Gasteiger partial charge in [-0.3, -0.25) is 9.80 Å². The minimum absolute atomic E-state index is 0.624. The molecule has 1 aliphatic rings. The Balaban J connectivity index is 2.90. The van der Waals surface area contributed by atoms with Crippen molar-refractivity contribution >= 4 is 25.4 Å². The maximum absolute atomic E-state index is 5.90. The molecule has 0 saturated carbocycles. The van der Waals surface area contributed by atoms with Crippen molar-refractivity contribution < 1.29 is 8.85 Å². The molecular weight excluding hydrogens is 397 g/mol. The molecule has 7 heteroatoms. The monoisotopic (exact) mass is 446 g/mol. The van der Waals surface area contributed by atoms with E-state index in [1.54, 1.807) is 0 Å². The summed E-state index contributed by atoms with van der Waals surface area (Å²) in [5.74, 6) is 0.695. The first kappa shape index (κ1) is 26.5. The van der Waals surface area contributed by atoms with Crippen LogP contribution in [-0.2, 0) is 8.85 Å². The molecule has 0 aromatic heterocycles. The Morgan fingerprint density at radius 3 is 1.71 bits per heavy atom. The summed E-state index contributed by atoms with van der Waals surface area (Å²) in [7, 11) is 0.106. The van der Waals surface area contributed by atoms with Crippen LogP contribution in [0.4, 0.5) is 0 Å². The Labute approximate surface area is 180 Å². The summed E-state index contributed by atoms with van der Waals surface area (Å²) >= 11 is 0. The van der Waals surface area contributed by atoms with Crippen LogP contribution in [0.2, 0.25) is 56.9 Å². The fourth-order valence-corrected chi connectivity index (χ4v) is 8.24. The summed E-state index contributed by atoms with van der Waals surface area (Å²) in [6, 6.07) is 2.80. The Kier molecular flexibility index (Phi) is 11.7. The molecule has 1 atom stereocenters. The molecule has 1 aliphatic heterocycles. The van der Waals surface area contributed by atoms with E-state index in [4.69, 9.17) is 8.85 Å². The van der Waals surface area contributed by atoms with Gasteiger partial charge in [0.2, 0.25) is 0 Å². The third kappa shape index (κ3) is 10.5. The lowest BCUT2D eigenvalue weighted by Crippen LogP contribution is -2.54. The van der Waals surface area contributed by atoms with Crippen molar-refractivity contribution in [2.45, 2.75) is 83.1 Å². The highest BCUT2D eigenvalue weighted by Gasteiger charge is 2.37. The van der Waals surface area contributed by atoms with E-state index in [0.29, 0.717) is 11.5 Å². The van der Waals surface area contributed by atoms with Crippen LogP contribution in [0.1, 0.15) is 26.2 Å². The molecule has 0 radical (unpaired) electrons. The predicted molar refractivity (Wildman–Crippen MR) is 132 cm³/mol. The van der Waals surface area contributed by atoms with Crippen LogP contribution < -0.4 is 0 Å². The molecule has 0 aromatic carbocycles. The maximum Gasteiger partial charge on any atom is 0.324 e. The van der Waals surface area contributed by atoms with Crippen molar-refractivity contribution in [2.75, 3.05) is 47.1 Å². The molecule has 0 N–H and O–H groups in total. The first-order valence-electron chi connectivity index (χ1n) is 11.5. The molecular formula is C21H50N2O2Si3. The minimum Gasteiger partial charge on any atom is -0.400 e. The van der Waals surface area contributed by atoms with Gasteiger partial charge in [-0.1, -0.05) is 59.0 Å². The number of unbranched alkanes of at least 4 members (excludes halogenated alkanes) is 1. The summed E-state index contributed by atoms with van der Waals surface area (Å²) in [4.78, 5) is 5.51. The van der Waals surface area contributed by atoms with E-state index < -0.39 is 25.4 Å². The van der Waals surface area contributed by atoms with Crippen LogP contribution in [0.5, 0.6) is 0 Å². The normalized spacial score (nSPS) is 19.5. The quantitative estimate of drug-likeness (QED) is 0.375. The smallest absolute Gasteiger partial charge is 0.324 e. The van der Waals surface area contributed by atoms with Crippen molar-refractivity contribution in [3.63, 3.8) is 0 Å². The van der Waals surface area contributed by atoms with Gasteiger partial charge >= 0.3 is 9.28 Å². The lowest BCUT2D eigenvalue weighted by molar-refractivity contribution is 0.0459. The average molecular weight is 447 g/mol. The number of nitrogens with zero attached hydrogens (tertiary/aromatic N) is 2. The van der Waals surface area contributed by atoms with Gasteiger partial charge in [0.1, 0.15) is 0 Å². The van der Waals surface area contributed by atoms with Crippen LogP contribution in [-0.4, -0.2) is 82.3 Å². The molecule has 1 rings (SSSR count). The SMILES string of the molecule is CCCCC(C1CN(CC[Si](C)(C)C)CN(CC[Si](C)(C)C)C1)[SiH](OC)OC. The molecule has 1 fully saturated rings. The number of hydrogen-bond donors (Lipinski definition) is 0. The molecule has 0 amide bonds. The summed E-state index contributed by atoms with van der Waals surface area (Å²) in [5, 5.41) is 0. The molecule has 1 unspecified atom stereocenters. The van der Waals surface area contributed by atoms with Gasteiger partial charge in [-0.05, 0) is 37.5 Å². The molecule has 0 aliphatic carbocycles. The molecule has 1 saturated heterocycles. The van der Waals surface area contributed by atoms with Gasteiger partial charge < -0.3 is 8.85 Å². The molecule has 28 heavy (non-hydrogen) atoms. The van der Waals surface area contributed by atoms with Crippen molar-refractivity contribution in [3.8, 4) is 0 Å². The zero-order chi connectivity index (χ0) is 21.4. The molecule has 0 bridgehead atoms. The van der Waals surface area contributed by atoms with E-state index in [0.717, 1.165) is 6.67 Å². The molecule has 0 aromatic rings. The lowest BCUT2D eigenvalue weighted by atomic mass is 9.97. The maximum atomic E-state index is 5.90.